The van der Waals surface area contributed by atoms with Crippen LogP contribution in [-0.2, 0) is 4.74 Å². The van der Waals surface area contributed by atoms with Crippen LogP contribution in [0.4, 0.5) is 23.5 Å². The predicted octanol–water partition coefficient (Wildman–Crippen LogP) is 4.70. The summed E-state index contributed by atoms with van der Waals surface area (Å²) in [4.78, 5) is 15.8. The minimum absolute atomic E-state index is 0.340. The zero-order chi connectivity index (χ0) is 22.5. The molecule has 33 heavy (non-hydrogen) atoms. The number of benzene rings is 3. The predicted molar refractivity (Wildman–Crippen MR) is 133 cm³/mol. The van der Waals surface area contributed by atoms with Crippen LogP contribution in [0.15, 0.2) is 71.8 Å². The van der Waals surface area contributed by atoms with E-state index in [0.717, 1.165) is 22.0 Å². The highest BCUT2D eigenvalue weighted by Gasteiger charge is 2.17. The van der Waals surface area contributed by atoms with Gasteiger partial charge in [0.1, 0.15) is 0 Å². The lowest BCUT2D eigenvalue weighted by Crippen LogP contribution is -2.37. The smallest absolute Gasteiger partial charge is 0.250 e. The molecular formula is C24H22ClN7O. The van der Waals surface area contributed by atoms with Gasteiger partial charge in [0, 0.05) is 29.2 Å². The van der Waals surface area contributed by atoms with Crippen LogP contribution in [0.5, 0.6) is 0 Å². The lowest BCUT2D eigenvalue weighted by Gasteiger charge is -2.27. The van der Waals surface area contributed by atoms with Crippen LogP contribution in [0, 0.1) is 0 Å². The Bertz CT molecular complexity index is 1290. The molecule has 5 rings (SSSR count). The van der Waals surface area contributed by atoms with Gasteiger partial charge in [-0.05, 0) is 29.1 Å². The molecule has 8 nitrogen and oxygen atoms in total. The number of rotatable bonds is 6. The van der Waals surface area contributed by atoms with Crippen molar-refractivity contribution in [3.8, 4) is 0 Å². The molecule has 9 heteroatoms. The highest BCUT2D eigenvalue weighted by molar-refractivity contribution is 6.30. The zero-order valence-electron chi connectivity index (χ0n) is 17.8. The SMILES string of the molecule is Clc1cccc(C=NNc2nc(Nc3cccc4ccccc34)nc(N3CCOCC3)n2)c1. The van der Waals surface area contributed by atoms with Crippen molar-refractivity contribution in [2.75, 3.05) is 41.9 Å². The van der Waals surface area contributed by atoms with Gasteiger partial charge in [-0.3, -0.25) is 0 Å². The third kappa shape index (κ3) is 5.19. The maximum atomic E-state index is 6.05. The average Bonchev–Trinajstić information content (AvgIpc) is 2.85. The van der Waals surface area contributed by atoms with Gasteiger partial charge in [-0.1, -0.05) is 60.1 Å². The van der Waals surface area contributed by atoms with E-state index in [2.05, 4.69) is 53.9 Å². The van der Waals surface area contributed by atoms with Crippen molar-refractivity contribution in [2.24, 2.45) is 5.10 Å². The van der Waals surface area contributed by atoms with Crippen LogP contribution in [0.2, 0.25) is 5.02 Å². The molecular weight excluding hydrogens is 438 g/mol. The maximum Gasteiger partial charge on any atom is 0.250 e. The second-order valence-electron chi connectivity index (χ2n) is 7.46. The molecule has 3 aromatic carbocycles. The summed E-state index contributed by atoms with van der Waals surface area (Å²) in [7, 11) is 0. The number of nitrogens with zero attached hydrogens (tertiary/aromatic N) is 5. The summed E-state index contributed by atoms with van der Waals surface area (Å²) in [5.74, 6) is 1.34. The van der Waals surface area contributed by atoms with Crippen LogP contribution in [-0.4, -0.2) is 47.5 Å². The first kappa shape index (κ1) is 21.1. The molecule has 1 fully saturated rings. The number of hydrogen-bond acceptors (Lipinski definition) is 8. The van der Waals surface area contributed by atoms with Gasteiger partial charge in [0.15, 0.2) is 0 Å². The van der Waals surface area contributed by atoms with E-state index in [-0.39, 0.29) is 0 Å². The first-order valence-electron chi connectivity index (χ1n) is 10.6. The van der Waals surface area contributed by atoms with E-state index < -0.39 is 0 Å². The second-order valence-corrected chi connectivity index (χ2v) is 7.90. The highest BCUT2D eigenvalue weighted by Crippen LogP contribution is 2.26. The summed E-state index contributed by atoms with van der Waals surface area (Å²) < 4.78 is 5.47. The van der Waals surface area contributed by atoms with Gasteiger partial charge in [0.25, 0.3) is 0 Å². The number of anilines is 4. The third-order valence-electron chi connectivity index (χ3n) is 5.18. The number of fused-ring (bicyclic) bond motifs is 1. The first-order chi connectivity index (χ1) is 16.2. The Hall–Kier alpha value is -3.75. The standard InChI is InChI=1S/C24H22ClN7O/c25-19-8-3-5-17(15-19)16-26-31-23-28-22(29-24(30-23)32-11-13-33-14-12-32)27-21-10-4-7-18-6-1-2-9-20(18)21/h1-10,15-16H,11-14H2,(H2,27,28,29,30,31). The molecule has 1 saturated heterocycles. The Labute approximate surface area is 196 Å². The summed E-state index contributed by atoms with van der Waals surface area (Å²) in [6.07, 6.45) is 1.67. The van der Waals surface area contributed by atoms with E-state index in [1.54, 1.807) is 6.21 Å². The summed E-state index contributed by atoms with van der Waals surface area (Å²) in [6.45, 7) is 2.69. The third-order valence-corrected chi connectivity index (χ3v) is 5.42. The number of hydrazone groups is 1. The van der Waals surface area contributed by atoms with Crippen molar-refractivity contribution < 1.29 is 4.74 Å². The van der Waals surface area contributed by atoms with Gasteiger partial charge < -0.3 is 15.0 Å². The molecule has 1 aliphatic heterocycles. The van der Waals surface area contributed by atoms with E-state index >= 15 is 0 Å². The summed E-state index contributed by atoms with van der Waals surface area (Å²) >= 11 is 6.05. The lowest BCUT2D eigenvalue weighted by molar-refractivity contribution is 0.122. The minimum atomic E-state index is 0.340. The van der Waals surface area contributed by atoms with Crippen LogP contribution < -0.4 is 15.6 Å². The van der Waals surface area contributed by atoms with Crippen LogP contribution >= 0.6 is 11.6 Å². The molecule has 0 aliphatic carbocycles. The minimum Gasteiger partial charge on any atom is -0.378 e. The first-order valence-corrected chi connectivity index (χ1v) is 11.0. The molecule has 4 aromatic rings. The molecule has 1 aliphatic rings. The summed E-state index contributed by atoms with van der Waals surface area (Å²) in [5.41, 5.74) is 4.71. The fraction of sp³-hybridized carbons (Fsp3) is 0.167. The molecule has 0 amide bonds. The molecule has 0 spiro atoms. The van der Waals surface area contributed by atoms with Crippen molar-refractivity contribution in [1.29, 1.82) is 0 Å². The molecule has 0 unspecified atom stereocenters. The number of ether oxygens (including phenoxy) is 1. The molecule has 0 bridgehead atoms. The van der Waals surface area contributed by atoms with E-state index in [0.29, 0.717) is 49.2 Å². The van der Waals surface area contributed by atoms with Crippen molar-refractivity contribution >= 4 is 52.1 Å². The van der Waals surface area contributed by atoms with E-state index in [1.165, 1.54) is 0 Å². The summed E-state index contributed by atoms with van der Waals surface area (Å²) in [6, 6.07) is 21.7. The Morgan fingerprint density at radius 3 is 2.58 bits per heavy atom. The number of halogens is 1. The molecule has 0 radical (unpaired) electrons. The number of hydrogen-bond donors (Lipinski definition) is 2. The molecule has 166 valence electrons. The van der Waals surface area contributed by atoms with Gasteiger partial charge in [-0.25, -0.2) is 5.43 Å². The largest absolute Gasteiger partial charge is 0.378 e. The van der Waals surface area contributed by atoms with Crippen molar-refractivity contribution in [2.45, 2.75) is 0 Å². The lowest BCUT2D eigenvalue weighted by atomic mass is 10.1. The van der Waals surface area contributed by atoms with Gasteiger partial charge in [0.05, 0.1) is 19.4 Å². The molecule has 2 heterocycles. The van der Waals surface area contributed by atoms with Gasteiger partial charge in [0.2, 0.25) is 17.8 Å². The molecule has 1 aromatic heterocycles. The van der Waals surface area contributed by atoms with Crippen LogP contribution in [0.1, 0.15) is 5.56 Å². The Morgan fingerprint density at radius 2 is 1.70 bits per heavy atom. The molecule has 2 N–H and O–H groups in total. The maximum absolute atomic E-state index is 6.05. The fourth-order valence-electron chi connectivity index (χ4n) is 3.58. The Kier molecular flexibility index (Phi) is 6.27. The quantitative estimate of drug-likeness (QED) is 0.319. The second kappa shape index (κ2) is 9.81. The van der Waals surface area contributed by atoms with Gasteiger partial charge >= 0.3 is 0 Å². The number of morpholine rings is 1. The van der Waals surface area contributed by atoms with E-state index in [9.17, 15) is 0 Å². The van der Waals surface area contributed by atoms with Crippen molar-refractivity contribution in [3.05, 3.63) is 77.3 Å². The zero-order valence-corrected chi connectivity index (χ0v) is 18.5. The van der Waals surface area contributed by atoms with Gasteiger partial charge in [-0.2, -0.15) is 20.1 Å². The van der Waals surface area contributed by atoms with E-state index in [1.807, 2.05) is 48.5 Å². The van der Waals surface area contributed by atoms with Gasteiger partial charge in [-0.15, -0.1) is 0 Å². The average molecular weight is 460 g/mol. The fourth-order valence-corrected chi connectivity index (χ4v) is 3.78. The summed E-state index contributed by atoms with van der Waals surface area (Å²) in [5, 5.41) is 10.5. The molecule has 0 saturated carbocycles. The van der Waals surface area contributed by atoms with Crippen LogP contribution in [0.3, 0.4) is 0 Å². The Balaban J connectivity index is 1.44. The van der Waals surface area contributed by atoms with Crippen LogP contribution in [0.25, 0.3) is 10.8 Å². The monoisotopic (exact) mass is 459 g/mol. The number of nitrogens with one attached hydrogen (secondary N) is 2. The number of aromatic nitrogens is 3. The van der Waals surface area contributed by atoms with E-state index in [4.69, 9.17) is 16.3 Å². The Morgan fingerprint density at radius 1 is 0.909 bits per heavy atom. The van der Waals surface area contributed by atoms with Crippen molar-refractivity contribution in [1.82, 2.24) is 15.0 Å². The normalized spacial score (nSPS) is 14.0. The highest BCUT2D eigenvalue weighted by atomic mass is 35.5. The topological polar surface area (TPSA) is 87.6 Å². The van der Waals surface area contributed by atoms with Crippen molar-refractivity contribution in [3.63, 3.8) is 0 Å². The molecule has 0 atom stereocenters.